The van der Waals surface area contributed by atoms with Gasteiger partial charge in [-0.05, 0) is 13.8 Å². The zero-order valence-corrected chi connectivity index (χ0v) is 6.90. The zero-order valence-electron chi connectivity index (χ0n) is 5.34. The summed E-state index contributed by atoms with van der Waals surface area (Å²) in [5.74, 6) is -1.00. The Morgan fingerprint density at radius 3 is 1.44 bits per heavy atom. The number of ketones is 2. The summed E-state index contributed by atoms with van der Waals surface area (Å²) in [5.41, 5.74) is 0. The van der Waals surface area contributed by atoms with Crippen LogP contribution in [0.4, 0.5) is 0 Å². The van der Waals surface area contributed by atoms with Gasteiger partial charge in [-0.25, -0.2) is 0 Å². The minimum absolute atomic E-state index is 0. The van der Waals surface area contributed by atoms with Crippen molar-refractivity contribution in [3.05, 3.63) is 0 Å². The SMILES string of the molecule is CC(=O)C(O)C(C)=O.[Ti]. The minimum atomic E-state index is -1.41. The molecule has 0 unspecified atom stereocenters. The first-order valence-electron chi connectivity index (χ1n) is 2.24. The van der Waals surface area contributed by atoms with E-state index in [9.17, 15) is 9.59 Å². The number of rotatable bonds is 2. The van der Waals surface area contributed by atoms with Gasteiger partial charge in [0.05, 0.1) is 0 Å². The van der Waals surface area contributed by atoms with Gasteiger partial charge in [0, 0.05) is 21.7 Å². The van der Waals surface area contributed by atoms with E-state index in [1.165, 1.54) is 13.8 Å². The van der Waals surface area contributed by atoms with Crippen molar-refractivity contribution in [2.24, 2.45) is 0 Å². The molecule has 0 atom stereocenters. The Morgan fingerprint density at radius 1 is 1.22 bits per heavy atom. The third kappa shape index (κ3) is 4.51. The molecule has 0 aromatic rings. The van der Waals surface area contributed by atoms with Crippen LogP contribution < -0.4 is 0 Å². The van der Waals surface area contributed by atoms with Gasteiger partial charge in [0.15, 0.2) is 17.7 Å². The molecule has 1 N–H and O–H groups in total. The average Bonchev–Trinajstić information content (AvgIpc) is 1.64. The third-order valence-corrected chi connectivity index (χ3v) is 0.770. The van der Waals surface area contributed by atoms with Crippen LogP contribution in [0.3, 0.4) is 0 Å². The fourth-order valence-electron chi connectivity index (χ4n) is 0.286. The largest absolute Gasteiger partial charge is 0.378 e. The minimum Gasteiger partial charge on any atom is -0.378 e. The van der Waals surface area contributed by atoms with E-state index in [1.807, 2.05) is 0 Å². The van der Waals surface area contributed by atoms with Crippen LogP contribution in [0.25, 0.3) is 0 Å². The predicted molar refractivity (Wildman–Crippen MR) is 27.4 cm³/mol. The first kappa shape index (κ1) is 11.8. The fraction of sp³-hybridized carbons (Fsp3) is 0.600. The smallest absolute Gasteiger partial charge is 0.170 e. The molecule has 0 amide bonds. The number of aliphatic hydroxyl groups is 1. The van der Waals surface area contributed by atoms with Gasteiger partial charge in [0.2, 0.25) is 0 Å². The van der Waals surface area contributed by atoms with Crippen LogP contribution in [0, 0.1) is 0 Å². The molecule has 4 heteroatoms. The maximum atomic E-state index is 10.1. The van der Waals surface area contributed by atoms with Crippen LogP contribution >= 0.6 is 0 Å². The first-order valence-corrected chi connectivity index (χ1v) is 2.24. The van der Waals surface area contributed by atoms with Crippen molar-refractivity contribution in [1.82, 2.24) is 0 Å². The molecule has 50 valence electrons. The number of hydrogen-bond acceptors (Lipinski definition) is 3. The van der Waals surface area contributed by atoms with Gasteiger partial charge in [-0.1, -0.05) is 0 Å². The van der Waals surface area contributed by atoms with Gasteiger partial charge in [0.1, 0.15) is 0 Å². The van der Waals surface area contributed by atoms with E-state index >= 15 is 0 Å². The Morgan fingerprint density at radius 2 is 1.44 bits per heavy atom. The Bertz CT molecular complexity index is 107. The number of aliphatic hydroxyl groups excluding tert-OH is 1. The summed E-state index contributed by atoms with van der Waals surface area (Å²) in [6.45, 7) is 2.35. The predicted octanol–water partition coefficient (Wildman–Crippen LogP) is -0.477. The number of carbonyl (C=O) groups is 2. The molecule has 0 aliphatic heterocycles. The number of carbonyl (C=O) groups excluding carboxylic acids is 2. The van der Waals surface area contributed by atoms with E-state index in [1.54, 1.807) is 0 Å². The molecule has 0 fully saturated rings. The zero-order chi connectivity index (χ0) is 6.73. The second kappa shape index (κ2) is 4.85. The Kier molecular flexibility index (Phi) is 6.34. The van der Waals surface area contributed by atoms with Crippen LogP contribution in [0.1, 0.15) is 13.8 Å². The van der Waals surface area contributed by atoms with Crippen molar-refractivity contribution in [3.8, 4) is 0 Å². The molecule has 0 saturated carbocycles. The molecule has 0 heterocycles. The molecule has 0 aromatic carbocycles. The van der Waals surface area contributed by atoms with E-state index in [4.69, 9.17) is 5.11 Å². The summed E-state index contributed by atoms with van der Waals surface area (Å²) in [6.07, 6.45) is -1.41. The molecular weight excluding hydrogens is 156 g/mol. The third-order valence-electron chi connectivity index (χ3n) is 0.770. The standard InChI is InChI=1S/C5H8O3.Ti/c1-3(6)5(8)4(2)7;/h5,8H,1-2H3;. The summed E-state index contributed by atoms with van der Waals surface area (Å²) in [6, 6.07) is 0. The van der Waals surface area contributed by atoms with E-state index in [0.29, 0.717) is 0 Å². The molecule has 0 rings (SSSR count). The molecule has 0 bridgehead atoms. The second-order valence-corrected chi connectivity index (χ2v) is 1.62. The molecular formula is C5H8O3Ti. The monoisotopic (exact) mass is 164 g/mol. The van der Waals surface area contributed by atoms with Crippen molar-refractivity contribution in [2.75, 3.05) is 0 Å². The van der Waals surface area contributed by atoms with Crippen LogP contribution in [0.5, 0.6) is 0 Å². The number of hydrogen-bond donors (Lipinski definition) is 1. The summed E-state index contributed by atoms with van der Waals surface area (Å²) < 4.78 is 0. The summed E-state index contributed by atoms with van der Waals surface area (Å²) in [4.78, 5) is 20.2. The van der Waals surface area contributed by atoms with Crippen LogP contribution in [0.15, 0.2) is 0 Å². The topological polar surface area (TPSA) is 54.4 Å². The molecule has 0 spiro atoms. The van der Waals surface area contributed by atoms with Crippen molar-refractivity contribution in [1.29, 1.82) is 0 Å². The summed E-state index contributed by atoms with van der Waals surface area (Å²) in [7, 11) is 0. The van der Waals surface area contributed by atoms with Crippen molar-refractivity contribution in [2.45, 2.75) is 20.0 Å². The van der Waals surface area contributed by atoms with Gasteiger partial charge in [-0.15, -0.1) is 0 Å². The van der Waals surface area contributed by atoms with Crippen LogP contribution in [-0.2, 0) is 31.3 Å². The molecule has 3 nitrogen and oxygen atoms in total. The Balaban J connectivity index is 0. The van der Waals surface area contributed by atoms with Gasteiger partial charge >= 0.3 is 0 Å². The van der Waals surface area contributed by atoms with Crippen molar-refractivity contribution in [3.63, 3.8) is 0 Å². The first-order chi connectivity index (χ1) is 3.55. The Labute approximate surface area is 68.3 Å². The van der Waals surface area contributed by atoms with Gasteiger partial charge < -0.3 is 5.11 Å². The summed E-state index contributed by atoms with van der Waals surface area (Å²) in [5, 5.41) is 8.50. The Hall–Kier alpha value is 0.0143. The van der Waals surface area contributed by atoms with E-state index in [-0.39, 0.29) is 21.7 Å². The van der Waals surface area contributed by atoms with Crippen LogP contribution in [0.2, 0.25) is 0 Å². The molecule has 9 heavy (non-hydrogen) atoms. The van der Waals surface area contributed by atoms with Gasteiger partial charge in [-0.2, -0.15) is 0 Å². The van der Waals surface area contributed by atoms with Gasteiger partial charge in [0.25, 0.3) is 0 Å². The van der Waals surface area contributed by atoms with Gasteiger partial charge in [-0.3, -0.25) is 9.59 Å². The average molecular weight is 164 g/mol. The van der Waals surface area contributed by atoms with E-state index < -0.39 is 17.7 Å². The van der Waals surface area contributed by atoms with Crippen molar-refractivity contribution >= 4 is 11.6 Å². The second-order valence-electron chi connectivity index (χ2n) is 1.62. The van der Waals surface area contributed by atoms with E-state index in [2.05, 4.69) is 0 Å². The fourth-order valence-corrected chi connectivity index (χ4v) is 0.286. The molecule has 0 aromatic heterocycles. The van der Waals surface area contributed by atoms with Crippen molar-refractivity contribution < 1.29 is 36.4 Å². The molecule has 0 aliphatic rings. The quantitative estimate of drug-likeness (QED) is 0.443. The maximum Gasteiger partial charge on any atom is 0.170 e. The molecule has 0 radical (unpaired) electrons. The normalized spacial score (nSPS) is 8.44. The van der Waals surface area contributed by atoms with Crippen LogP contribution in [-0.4, -0.2) is 22.8 Å². The summed E-state index contributed by atoms with van der Waals surface area (Å²) >= 11 is 0. The number of Topliss-reactive ketones (excluding diaryl/α,β-unsaturated/α-hetero) is 2. The molecule has 0 saturated heterocycles. The molecule has 0 aliphatic carbocycles. The maximum absolute atomic E-state index is 10.1. The van der Waals surface area contributed by atoms with E-state index in [0.717, 1.165) is 0 Å².